The van der Waals surface area contributed by atoms with Crippen molar-refractivity contribution in [2.24, 2.45) is 0 Å². The second kappa shape index (κ2) is 14.4. The average Bonchev–Trinajstić information content (AvgIpc) is 2.50. The Kier molecular flexibility index (Phi) is 14.3. The van der Waals surface area contributed by atoms with E-state index in [9.17, 15) is 0 Å². The zero-order valence-electron chi connectivity index (χ0n) is 15.4. The standard InChI is InChI=1S/C18H38O3Si/c1-6-10-11-12-13-14-15-16-17-18(5)22(19-7-2,20-8-3)21-9-4/h5-17H2,1-4H3. The number of rotatable bonds is 16. The third-order valence-corrected chi connectivity index (χ3v) is 6.89. The summed E-state index contributed by atoms with van der Waals surface area (Å²) in [6.07, 6.45) is 11.5. The fourth-order valence-electron chi connectivity index (χ4n) is 2.63. The smallest absolute Gasteiger partial charge is 0.371 e. The Morgan fingerprint density at radius 2 is 1.09 bits per heavy atom. The van der Waals surface area contributed by atoms with Crippen molar-refractivity contribution in [3.63, 3.8) is 0 Å². The lowest BCUT2D eigenvalue weighted by Gasteiger charge is -2.30. The number of hydrogen-bond acceptors (Lipinski definition) is 3. The quantitative estimate of drug-likeness (QED) is 0.270. The molecule has 0 unspecified atom stereocenters. The Bertz CT molecular complexity index is 252. The van der Waals surface area contributed by atoms with Gasteiger partial charge in [-0.15, -0.1) is 0 Å². The summed E-state index contributed by atoms with van der Waals surface area (Å²) in [5.41, 5.74) is 0. The maximum absolute atomic E-state index is 5.89. The van der Waals surface area contributed by atoms with Gasteiger partial charge in [-0.05, 0) is 38.8 Å². The molecule has 0 amide bonds. The van der Waals surface area contributed by atoms with Crippen molar-refractivity contribution >= 4 is 8.80 Å². The van der Waals surface area contributed by atoms with Crippen LogP contribution in [0.5, 0.6) is 0 Å². The molecule has 0 bridgehead atoms. The fourth-order valence-corrected chi connectivity index (χ4v) is 5.11. The molecule has 0 aliphatic heterocycles. The first-order chi connectivity index (χ1) is 10.7. The summed E-state index contributed by atoms with van der Waals surface area (Å²) in [5, 5.41) is 1.05. The third-order valence-electron chi connectivity index (χ3n) is 3.77. The number of unbranched alkanes of at least 4 members (excludes halogenated alkanes) is 7. The van der Waals surface area contributed by atoms with Gasteiger partial charge in [-0.3, -0.25) is 0 Å². The van der Waals surface area contributed by atoms with E-state index in [2.05, 4.69) is 13.5 Å². The predicted molar refractivity (Wildman–Crippen MR) is 97.0 cm³/mol. The molecule has 0 aromatic carbocycles. The van der Waals surface area contributed by atoms with E-state index in [1.165, 1.54) is 44.9 Å². The monoisotopic (exact) mass is 330 g/mol. The van der Waals surface area contributed by atoms with Gasteiger partial charge in [0, 0.05) is 19.8 Å². The minimum Gasteiger partial charge on any atom is -0.371 e. The van der Waals surface area contributed by atoms with Crippen molar-refractivity contribution in [2.75, 3.05) is 19.8 Å². The maximum atomic E-state index is 5.89. The van der Waals surface area contributed by atoms with Crippen LogP contribution < -0.4 is 0 Å². The second-order valence-electron chi connectivity index (χ2n) is 5.68. The highest BCUT2D eigenvalue weighted by Gasteiger charge is 2.43. The Hall–Kier alpha value is -0.163. The fraction of sp³-hybridized carbons (Fsp3) is 0.889. The highest BCUT2D eigenvalue weighted by molar-refractivity contribution is 6.68. The van der Waals surface area contributed by atoms with Gasteiger partial charge in [0.25, 0.3) is 0 Å². The molecule has 0 spiro atoms. The lowest BCUT2D eigenvalue weighted by Crippen LogP contribution is -2.48. The van der Waals surface area contributed by atoms with Gasteiger partial charge in [0.2, 0.25) is 0 Å². The van der Waals surface area contributed by atoms with Crippen LogP contribution in [0, 0.1) is 0 Å². The van der Waals surface area contributed by atoms with Crippen LogP contribution in [-0.2, 0) is 13.3 Å². The summed E-state index contributed by atoms with van der Waals surface area (Å²) in [6.45, 7) is 14.3. The maximum Gasteiger partial charge on any atom is 0.532 e. The van der Waals surface area contributed by atoms with E-state index in [4.69, 9.17) is 13.3 Å². The molecule has 0 aliphatic rings. The molecule has 0 N–H and O–H groups in total. The average molecular weight is 331 g/mol. The van der Waals surface area contributed by atoms with Crippen molar-refractivity contribution in [3.05, 3.63) is 11.8 Å². The van der Waals surface area contributed by atoms with Crippen LogP contribution in [0.2, 0.25) is 0 Å². The highest BCUT2D eigenvalue weighted by atomic mass is 28.4. The summed E-state index contributed by atoms with van der Waals surface area (Å²) in [4.78, 5) is 0. The molecule has 0 rings (SSSR count). The lowest BCUT2D eigenvalue weighted by molar-refractivity contribution is 0.0798. The van der Waals surface area contributed by atoms with Crippen LogP contribution >= 0.6 is 0 Å². The molecule has 0 radical (unpaired) electrons. The Morgan fingerprint density at radius 3 is 1.50 bits per heavy atom. The van der Waals surface area contributed by atoms with Gasteiger partial charge in [0.15, 0.2) is 0 Å². The normalized spacial score (nSPS) is 11.8. The minimum absolute atomic E-state index is 0.614. The van der Waals surface area contributed by atoms with Crippen LogP contribution in [0.25, 0.3) is 0 Å². The molecule has 3 nitrogen and oxygen atoms in total. The van der Waals surface area contributed by atoms with Crippen molar-refractivity contribution in [2.45, 2.75) is 85.5 Å². The SMILES string of the molecule is C=C(CCCCCCCCCC)[Si](OCC)(OCC)OCC. The number of allylic oxidation sites excluding steroid dienone is 1. The zero-order chi connectivity index (χ0) is 16.7. The van der Waals surface area contributed by atoms with E-state index in [0.717, 1.165) is 18.0 Å². The first kappa shape index (κ1) is 21.8. The molecule has 0 aromatic rings. The summed E-state index contributed by atoms with van der Waals surface area (Å²) >= 11 is 0. The van der Waals surface area contributed by atoms with Gasteiger partial charge in [0.05, 0.1) is 0 Å². The molecule has 4 heteroatoms. The van der Waals surface area contributed by atoms with Crippen LogP contribution in [0.3, 0.4) is 0 Å². The zero-order valence-corrected chi connectivity index (χ0v) is 16.4. The van der Waals surface area contributed by atoms with Crippen molar-refractivity contribution in [1.29, 1.82) is 0 Å². The largest absolute Gasteiger partial charge is 0.532 e. The summed E-state index contributed by atoms with van der Waals surface area (Å²) in [5.74, 6) is 0. The third kappa shape index (κ3) is 9.08. The summed E-state index contributed by atoms with van der Waals surface area (Å²) in [6, 6.07) is 0. The van der Waals surface area contributed by atoms with Crippen molar-refractivity contribution in [3.8, 4) is 0 Å². The molecule has 0 saturated heterocycles. The van der Waals surface area contributed by atoms with Crippen molar-refractivity contribution in [1.82, 2.24) is 0 Å². The molecular formula is C18H38O3Si. The Morgan fingerprint density at radius 1 is 0.682 bits per heavy atom. The van der Waals surface area contributed by atoms with E-state index >= 15 is 0 Å². The topological polar surface area (TPSA) is 27.7 Å². The summed E-state index contributed by atoms with van der Waals surface area (Å²) in [7, 11) is -2.68. The van der Waals surface area contributed by atoms with Crippen LogP contribution in [-0.4, -0.2) is 28.6 Å². The van der Waals surface area contributed by atoms with E-state index in [1.54, 1.807) is 0 Å². The molecule has 0 fully saturated rings. The molecule has 132 valence electrons. The first-order valence-corrected chi connectivity index (χ1v) is 11.0. The predicted octanol–water partition coefficient (Wildman–Crippen LogP) is 5.66. The van der Waals surface area contributed by atoms with Crippen LogP contribution in [0.15, 0.2) is 11.8 Å². The van der Waals surface area contributed by atoms with Gasteiger partial charge < -0.3 is 13.3 Å². The molecule has 0 atom stereocenters. The van der Waals surface area contributed by atoms with Gasteiger partial charge in [-0.2, -0.15) is 0 Å². The number of hydrogen-bond donors (Lipinski definition) is 0. The van der Waals surface area contributed by atoms with E-state index < -0.39 is 8.80 Å². The molecule has 0 aromatic heterocycles. The lowest BCUT2D eigenvalue weighted by atomic mass is 10.1. The van der Waals surface area contributed by atoms with Crippen molar-refractivity contribution < 1.29 is 13.3 Å². The second-order valence-corrected chi connectivity index (χ2v) is 8.37. The molecule has 22 heavy (non-hydrogen) atoms. The molecular weight excluding hydrogens is 292 g/mol. The molecule has 0 aliphatic carbocycles. The van der Waals surface area contributed by atoms with Gasteiger partial charge in [-0.25, -0.2) is 0 Å². The molecule has 0 heterocycles. The van der Waals surface area contributed by atoms with Gasteiger partial charge in [0.1, 0.15) is 0 Å². The highest BCUT2D eigenvalue weighted by Crippen LogP contribution is 2.24. The summed E-state index contributed by atoms with van der Waals surface area (Å²) < 4.78 is 17.7. The van der Waals surface area contributed by atoms with E-state index in [0.29, 0.717) is 19.8 Å². The van der Waals surface area contributed by atoms with Crippen LogP contribution in [0.4, 0.5) is 0 Å². The Balaban J connectivity index is 4.06. The van der Waals surface area contributed by atoms with Gasteiger partial charge in [-0.1, -0.05) is 58.4 Å². The Labute approximate surface area is 139 Å². The van der Waals surface area contributed by atoms with Gasteiger partial charge >= 0.3 is 8.80 Å². The van der Waals surface area contributed by atoms with E-state index in [1.807, 2.05) is 20.8 Å². The first-order valence-electron chi connectivity index (χ1n) is 9.26. The van der Waals surface area contributed by atoms with E-state index in [-0.39, 0.29) is 0 Å². The molecule has 0 saturated carbocycles. The van der Waals surface area contributed by atoms with Crippen LogP contribution in [0.1, 0.15) is 85.5 Å². The minimum atomic E-state index is -2.68.